The van der Waals surface area contributed by atoms with E-state index < -0.39 is 11.7 Å². The molecular weight excluding hydrogens is 202 g/mol. The third-order valence-electron chi connectivity index (χ3n) is 1.70. The summed E-state index contributed by atoms with van der Waals surface area (Å²) in [4.78, 5) is 23.6. The molecule has 1 saturated heterocycles. The molecule has 14 heavy (non-hydrogen) atoms. The summed E-state index contributed by atoms with van der Waals surface area (Å²) in [5.74, 6) is 1.21. The Morgan fingerprint density at radius 3 is 2.71 bits per heavy atom. The molecule has 0 aromatic rings. The van der Waals surface area contributed by atoms with Gasteiger partial charge in [0.05, 0.1) is 5.88 Å². The van der Waals surface area contributed by atoms with Gasteiger partial charge in [-0.25, -0.2) is 4.79 Å². The molecule has 0 spiro atoms. The standard InChI is InChI=1S/C9H15NO3S/c1-9(2,3)13-8(12)10-6-14-5-7(10)4-11/h4,7H,5-6H2,1-3H3/t7-/m0/s1. The molecule has 0 aromatic carbocycles. The summed E-state index contributed by atoms with van der Waals surface area (Å²) in [6.45, 7) is 5.43. The smallest absolute Gasteiger partial charge is 0.411 e. The lowest BCUT2D eigenvalue weighted by Gasteiger charge is -2.25. The molecule has 0 unspecified atom stereocenters. The highest BCUT2D eigenvalue weighted by atomic mass is 32.2. The predicted molar refractivity (Wildman–Crippen MR) is 55.3 cm³/mol. The van der Waals surface area contributed by atoms with E-state index in [1.54, 1.807) is 11.8 Å². The van der Waals surface area contributed by atoms with Crippen LogP contribution < -0.4 is 0 Å². The van der Waals surface area contributed by atoms with Crippen LogP contribution in [0.15, 0.2) is 0 Å². The lowest BCUT2D eigenvalue weighted by Crippen LogP contribution is -2.41. The Morgan fingerprint density at radius 2 is 2.21 bits per heavy atom. The van der Waals surface area contributed by atoms with Crippen molar-refractivity contribution in [2.24, 2.45) is 0 Å². The average molecular weight is 217 g/mol. The van der Waals surface area contributed by atoms with Crippen LogP contribution in [0.4, 0.5) is 4.79 Å². The van der Waals surface area contributed by atoms with Crippen LogP contribution in [-0.2, 0) is 9.53 Å². The first-order valence-electron chi connectivity index (χ1n) is 4.47. The molecule has 1 amide bonds. The Balaban J connectivity index is 2.56. The van der Waals surface area contributed by atoms with Crippen molar-refractivity contribution in [2.75, 3.05) is 11.6 Å². The molecule has 0 aliphatic carbocycles. The summed E-state index contributed by atoms with van der Waals surface area (Å²) in [5.41, 5.74) is -0.502. The molecule has 1 rings (SSSR count). The van der Waals surface area contributed by atoms with Crippen LogP contribution in [0, 0.1) is 0 Å². The van der Waals surface area contributed by atoms with Gasteiger partial charge in [0.15, 0.2) is 0 Å². The highest BCUT2D eigenvalue weighted by Gasteiger charge is 2.32. The summed E-state index contributed by atoms with van der Waals surface area (Å²) in [6.07, 6.45) is 0.392. The number of aldehydes is 1. The first-order chi connectivity index (χ1) is 6.44. The van der Waals surface area contributed by atoms with Crippen LogP contribution in [0.3, 0.4) is 0 Å². The number of thioether (sulfide) groups is 1. The van der Waals surface area contributed by atoms with Gasteiger partial charge in [-0.3, -0.25) is 4.90 Å². The second kappa shape index (κ2) is 4.21. The summed E-state index contributed by atoms with van der Waals surface area (Å²) < 4.78 is 5.17. The van der Waals surface area contributed by atoms with E-state index in [2.05, 4.69) is 0 Å². The minimum absolute atomic E-state index is 0.324. The van der Waals surface area contributed by atoms with Gasteiger partial charge in [0.2, 0.25) is 0 Å². The zero-order valence-corrected chi connectivity index (χ0v) is 9.47. The number of hydrogen-bond acceptors (Lipinski definition) is 4. The average Bonchev–Trinajstić information content (AvgIpc) is 2.47. The van der Waals surface area contributed by atoms with Crippen molar-refractivity contribution in [2.45, 2.75) is 32.4 Å². The van der Waals surface area contributed by atoms with Crippen LogP contribution in [0.5, 0.6) is 0 Å². The molecule has 5 heteroatoms. The fourth-order valence-corrected chi connectivity index (χ4v) is 2.18. The highest BCUT2D eigenvalue weighted by Crippen LogP contribution is 2.22. The second-order valence-electron chi connectivity index (χ2n) is 4.15. The molecule has 0 N–H and O–H groups in total. The van der Waals surface area contributed by atoms with E-state index in [0.29, 0.717) is 11.6 Å². The van der Waals surface area contributed by atoms with Gasteiger partial charge < -0.3 is 9.53 Å². The van der Waals surface area contributed by atoms with Crippen LogP contribution >= 0.6 is 11.8 Å². The van der Waals surface area contributed by atoms with E-state index in [0.717, 1.165) is 6.29 Å². The van der Waals surface area contributed by atoms with Crippen LogP contribution in [0.2, 0.25) is 0 Å². The van der Waals surface area contributed by atoms with Crippen molar-refractivity contribution >= 4 is 24.1 Å². The van der Waals surface area contributed by atoms with E-state index in [-0.39, 0.29) is 6.04 Å². The van der Waals surface area contributed by atoms with Gasteiger partial charge in [-0.05, 0) is 20.8 Å². The number of amides is 1. The Labute approximate surface area is 88.0 Å². The molecule has 4 nitrogen and oxygen atoms in total. The summed E-state index contributed by atoms with van der Waals surface area (Å²) in [6, 6.07) is -0.324. The van der Waals surface area contributed by atoms with Gasteiger partial charge in [-0.15, -0.1) is 11.8 Å². The van der Waals surface area contributed by atoms with E-state index in [1.165, 1.54) is 4.90 Å². The van der Waals surface area contributed by atoms with Crippen molar-refractivity contribution in [1.82, 2.24) is 4.90 Å². The molecule has 80 valence electrons. The Bertz CT molecular complexity index is 237. The molecule has 0 aromatic heterocycles. The number of carbonyl (C=O) groups is 2. The topological polar surface area (TPSA) is 46.6 Å². The van der Waals surface area contributed by atoms with E-state index in [1.807, 2.05) is 20.8 Å². The van der Waals surface area contributed by atoms with E-state index >= 15 is 0 Å². The van der Waals surface area contributed by atoms with Gasteiger partial charge in [-0.2, -0.15) is 0 Å². The third-order valence-corrected chi connectivity index (χ3v) is 2.74. The maximum absolute atomic E-state index is 11.6. The summed E-state index contributed by atoms with van der Waals surface area (Å²) in [7, 11) is 0. The maximum Gasteiger partial charge on any atom is 0.411 e. The fraction of sp³-hybridized carbons (Fsp3) is 0.778. The molecule has 1 fully saturated rings. The SMILES string of the molecule is CC(C)(C)OC(=O)N1CSC[C@@H]1C=O. The zero-order chi connectivity index (χ0) is 10.8. The van der Waals surface area contributed by atoms with Crippen LogP contribution in [0.1, 0.15) is 20.8 Å². The molecule has 1 atom stereocenters. The lowest BCUT2D eigenvalue weighted by molar-refractivity contribution is -0.111. The van der Waals surface area contributed by atoms with E-state index in [9.17, 15) is 9.59 Å². The fourth-order valence-electron chi connectivity index (χ4n) is 1.08. The minimum atomic E-state index is -0.502. The Kier molecular flexibility index (Phi) is 3.42. The lowest BCUT2D eigenvalue weighted by atomic mass is 10.2. The summed E-state index contributed by atoms with van der Waals surface area (Å²) >= 11 is 1.56. The van der Waals surface area contributed by atoms with Gasteiger partial charge >= 0.3 is 6.09 Å². The van der Waals surface area contributed by atoms with Crippen molar-refractivity contribution < 1.29 is 14.3 Å². The molecule has 0 bridgehead atoms. The van der Waals surface area contributed by atoms with Crippen molar-refractivity contribution in [3.8, 4) is 0 Å². The molecule has 0 radical (unpaired) electrons. The number of hydrogen-bond donors (Lipinski definition) is 0. The molecule has 1 aliphatic rings. The normalized spacial score (nSPS) is 22.2. The van der Waals surface area contributed by atoms with Crippen LogP contribution in [0.25, 0.3) is 0 Å². The molecule has 1 aliphatic heterocycles. The second-order valence-corrected chi connectivity index (χ2v) is 5.15. The number of ether oxygens (including phenoxy) is 1. The van der Waals surface area contributed by atoms with Crippen molar-refractivity contribution in [3.05, 3.63) is 0 Å². The van der Waals surface area contributed by atoms with Gasteiger partial charge in [0.25, 0.3) is 0 Å². The predicted octanol–water partition coefficient (Wildman–Crippen LogP) is 1.50. The number of carbonyl (C=O) groups excluding carboxylic acids is 2. The van der Waals surface area contributed by atoms with Gasteiger partial charge in [0.1, 0.15) is 17.9 Å². The molecule has 0 saturated carbocycles. The van der Waals surface area contributed by atoms with Gasteiger partial charge in [-0.1, -0.05) is 0 Å². The Morgan fingerprint density at radius 1 is 1.57 bits per heavy atom. The van der Waals surface area contributed by atoms with Crippen LogP contribution in [-0.4, -0.2) is 40.6 Å². The quantitative estimate of drug-likeness (QED) is 0.624. The minimum Gasteiger partial charge on any atom is -0.444 e. The largest absolute Gasteiger partial charge is 0.444 e. The monoisotopic (exact) mass is 217 g/mol. The zero-order valence-electron chi connectivity index (χ0n) is 8.65. The summed E-state index contributed by atoms with van der Waals surface area (Å²) in [5, 5.41) is 0. The molecule has 1 heterocycles. The number of rotatable bonds is 1. The van der Waals surface area contributed by atoms with Gasteiger partial charge in [0, 0.05) is 5.75 Å². The maximum atomic E-state index is 11.6. The van der Waals surface area contributed by atoms with Crippen molar-refractivity contribution in [1.29, 1.82) is 0 Å². The number of nitrogens with zero attached hydrogens (tertiary/aromatic N) is 1. The third kappa shape index (κ3) is 2.90. The van der Waals surface area contributed by atoms with E-state index in [4.69, 9.17) is 4.74 Å². The highest BCUT2D eigenvalue weighted by molar-refractivity contribution is 7.99. The first kappa shape index (κ1) is 11.4. The van der Waals surface area contributed by atoms with Crippen molar-refractivity contribution in [3.63, 3.8) is 0 Å². The Hall–Kier alpha value is -0.710. The first-order valence-corrected chi connectivity index (χ1v) is 5.62. The molecular formula is C9H15NO3S.